The Morgan fingerprint density at radius 2 is 0.932 bits per heavy atom. The van der Waals surface area contributed by atoms with Crippen molar-refractivity contribution in [2.75, 3.05) is 5.06 Å². The summed E-state index contributed by atoms with van der Waals surface area (Å²) in [4.78, 5) is 67.8. The molecule has 0 aromatic heterocycles. The summed E-state index contributed by atoms with van der Waals surface area (Å²) in [6.07, 6.45) is 11.1. The number of benzene rings is 9. The van der Waals surface area contributed by atoms with Crippen molar-refractivity contribution in [2.24, 2.45) is 0 Å². The standard InChI is InChI=1S/C65H59N3O5/c1-3-5-7-13-19-46(20-14-8-6-4-2)67-64(71)54-37-33-50-48-31-35-52-60-53(36-32-49(58(48)60)51-34-38-55(65(67)72)61(54)59(50)51)63(70)66(62(52)69)40-41-23-25-42(26-24-41)43-27-29-44(30-28-43)56-39-57(45-17-11-9-12-18-45)73-68(56)47-21-15-10-16-22-47/h9-12,15-18,21-38,46,56-57H,3-8,13-14,19-20,39-40H2,1-2H3. The van der Waals surface area contributed by atoms with E-state index in [0.29, 0.717) is 33.0 Å². The highest BCUT2D eigenvalue weighted by Gasteiger charge is 2.40. The van der Waals surface area contributed by atoms with Crippen LogP contribution in [-0.4, -0.2) is 39.5 Å². The molecule has 3 heterocycles. The molecule has 73 heavy (non-hydrogen) atoms. The molecule has 2 unspecified atom stereocenters. The number of hydrogen-bond acceptors (Lipinski definition) is 6. The van der Waals surface area contributed by atoms with Crippen LogP contribution in [0.1, 0.15) is 155 Å². The zero-order valence-corrected chi connectivity index (χ0v) is 41.6. The highest BCUT2D eigenvalue weighted by atomic mass is 16.7. The molecule has 0 saturated carbocycles. The fraction of sp³-hybridized carbons (Fsp3) is 0.262. The van der Waals surface area contributed by atoms with E-state index in [9.17, 15) is 19.2 Å². The third kappa shape index (κ3) is 8.04. The van der Waals surface area contributed by atoms with Crippen molar-refractivity contribution in [1.82, 2.24) is 9.80 Å². The Morgan fingerprint density at radius 1 is 0.466 bits per heavy atom. The minimum Gasteiger partial charge on any atom is -0.271 e. The molecule has 8 heteroatoms. The van der Waals surface area contributed by atoms with Crippen molar-refractivity contribution >= 4 is 72.4 Å². The normalized spacial score (nSPS) is 16.7. The van der Waals surface area contributed by atoms with E-state index < -0.39 is 0 Å². The molecule has 0 bridgehead atoms. The van der Waals surface area contributed by atoms with Gasteiger partial charge in [-0.1, -0.05) is 187 Å². The minimum absolute atomic E-state index is 0.0322. The molecule has 4 amide bonds. The molecule has 3 aliphatic rings. The van der Waals surface area contributed by atoms with Gasteiger partial charge in [0.1, 0.15) is 6.10 Å². The fourth-order valence-corrected chi connectivity index (χ4v) is 12.2. The third-order valence-corrected chi connectivity index (χ3v) is 16.0. The molecule has 0 radical (unpaired) electrons. The number of rotatable bonds is 17. The molecule has 2 atom stereocenters. The Morgan fingerprint density at radius 3 is 1.42 bits per heavy atom. The van der Waals surface area contributed by atoms with E-state index in [1.54, 1.807) is 4.90 Å². The van der Waals surface area contributed by atoms with E-state index in [4.69, 9.17) is 4.84 Å². The van der Waals surface area contributed by atoms with Gasteiger partial charge in [0.25, 0.3) is 23.6 Å². The molecule has 9 aromatic carbocycles. The van der Waals surface area contributed by atoms with Crippen LogP contribution in [0.2, 0.25) is 0 Å². The third-order valence-electron chi connectivity index (χ3n) is 16.0. The molecule has 1 fully saturated rings. The largest absolute Gasteiger partial charge is 0.271 e. The van der Waals surface area contributed by atoms with Crippen LogP contribution in [0.15, 0.2) is 158 Å². The van der Waals surface area contributed by atoms with Crippen molar-refractivity contribution in [3.05, 3.63) is 197 Å². The van der Waals surface area contributed by atoms with Gasteiger partial charge in [0.2, 0.25) is 0 Å². The predicted molar refractivity (Wildman–Crippen MR) is 292 cm³/mol. The van der Waals surface area contributed by atoms with Crippen LogP contribution < -0.4 is 5.06 Å². The zero-order chi connectivity index (χ0) is 49.7. The lowest BCUT2D eigenvalue weighted by molar-refractivity contribution is 0.0514. The summed E-state index contributed by atoms with van der Waals surface area (Å²) in [5, 5.41) is 8.68. The van der Waals surface area contributed by atoms with Crippen LogP contribution in [0.25, 0.3) is 54.2 Å². The molecular weight excluding hydrogens is 903 g/mol. The van der Waals surface area contributed by atoms with Gasteiger partial charge < -0.3 is 0 Å². The van der Waals surface area contributed by atoms with Crippen LogP contribution in [0.5, 0.6) is 0 Å². The van der Waals surface area contributed by atoms with Gasteiger partial charge in [-0.2, -0.15) is 0 Å². The summed E-state index contributed by atoms with van der Waals surface area (Å²) < 4.78 is 0. The molecule has 12 rings (SSSR count). The Bertz CT molecular complexity index is 3440. The van der Waals surface area contributed by atoms with E-state index in [1.807, 2.05) is 90.0 Å². The molecule has 364 valence electrons. The Balaban J connectivity index is 0.806. The summed E-state index contributed by atoms with van der Waals surface area (Å²) in [5.41, 5.74) is 8.38. The van der Waals surface area contributed by atoms with Crippen molar-refractivity contribution in [2.45, 2.75) is 109 Å². The van der Waals surface area contributed by atoms with Gasteiger partial charge in [-0.25, -0.2) is 5.06 Å². The number of carbonyl (C=O) groups is 4. The molecule has 0 aliphatic carbocycles. The molecule has 1 saturated heterocycles. The average molecular weight is 962 g/mol. The molecule has 0 spiro atoms. The number of carbonyl (C=O) groups excluding carboxylic acids is 4. The van der Waals surface area contributed by atoms with E-state index in [2.05, 4.69) is 86.6 Å². The number of amides is 4. The Hall–Kier alpha value is -7.68. The van der Waals surface area contributed by atoms with Crippen LogP contribution >= 0.6 is 0 Å². The van der Waals surface area contributed by atoms with Gasteiger partial charge in [-0.15, -0.1) is 0 Å². The van der Waals surface area contributed by atoms with Crippen LogP contribution in [0.3, 0.4) is 0 Å². The Kier molecular flexibility index (Phi) is 12.3. The smallest absolute Gasteiger partial charge is 0.261 e. The van der Waals surface area contributed by atoms with Gasteiger partial charge in [-0.05, 0) is 109 Å². The highest BCUT2D eigenvalue weighted by molar-refractivity contribution is 6.41. The maximum absolute atomic E-state index is 14.6. The lowest BCUT2D eigenvalue weighted by Gasteiger charge is -2.35. The molecule has 8 nitrogen and oxygen atoms in total. The number of anilines is 1. The quantitative estimate of drug-likeness (QED) is 0.0391. The van der Waals surface area contributed by atoms with Crippen LogP contribution in [0, 0.1) is 0 Å². The number of hydroxylamine groups is 1. The maximum Gasteiger partial charge on any atom is 0.261 e. The first-order valence-corrected chi connectivity index (χ1v) is 26.5. The SMILES string of the molecule is CCCCCCC(CCCCCC)N1C(=O)c2ccc3c4ccc5c6c(ccc(c7ccc(c2c37)C1=O)c64)C(=O)N(Cc1ccc(-c2ccc(C3CC(c4ccccc4)ON3c3ccccc3)cc2)cc1)C5=O. The summed E-state index contributed by atoms with van der Waals surface area (Å²) in [6, 6.07) is 52.7. The van der Waals surface area contributed by atoms with Crippen LogP contribution in [-0.2, 0) is 11.4 Å². The van der Waals surface area contributed by atoms with Gasteiger partial charge in [0, 0.05) is 45.5 Å². The molecule has 9 aromatic rings. The number of fused-ring (bicyclic) bond motifs is 2. The number of imide groups is 2. The second-order valence-corrected chi connectivity index (χ2v) is 20.4. The van der Waals surface area contributed by atoms with E-state index in [-0.39, 0.29) is 48.4 Å². The van der Waals surface area contributed by atoms with Gasteiger partial charge in [0.15, 0.2) is 0 Å². The van der Waals surface area contributed by atoms with Gasteiger partial charge >= 0.3 is 0 Å². The zero-order valence-electron chi connectivity index (χ0n) is 41.6. The molecule has 3 aliphatic heterocycles. The summed E-state index contributed by atoms with van der Waals surface area (Å²) >= 11 is 0. The second-order valence-electron chi connectivity index (χ2n) is 20.4. The minimum atomic E-state index is -0.331. The van der Waals surface area contributed by atoms with E-state index in [1.165, 1.54) is 10.5 Å². The summed E-state index contributed by atoms with van der Waals surface area (Å²) in [7, 11) is 0. The Labute approximate surface area is 426 Å². The van der Waals surface area contributed by atoms with Crippen molar-refractivity contribution in [3.8, 4) is 11.1 Å². The fourth-order valence-electron chi connectivity index (χ4n) is 12.2. The topological polar surface area (TPSA) is 87.2 Å². The summed E-state index contributed by atoms with van der Waals surface area (Å²) in [6.45, 7) is 4.53. The highest BCUT2D eigenvalue weighted by Crippen LogP contribution is 2.48. The first kappa shape index (κ1) is 46.4. The number of unbranched alkanes of at least 4 members (excludes halogenated alkanes) is 6. The second kappa shape index (κ2) is 19.4. The summed E-state index contributed by atoms with van der Waals surface area (Å²) in [5.74, 6) is -1.09. The molecule has 0 N–H and O–H groups in total. The number of para-hydroxylation sites is 1. The van der Waals surface area contributed by atoms with Crippen molar-refractivity contribution < 1.29 is 24.0 Å². The van der Waals surface area contributed by atoms with Crippen LogP contribution in [0.4, 0.5) is 5.69 Å². The van der Waals surface area contributed by atoms with E-state index >= 15 is 0 Å². The van der Waals surface area contributed by atoms with Gasteiger partial charge in [0.05, 0.1) is 18.3 Å². The molecular formula is C65H59N3O5. The number of hydrogen-bond donors (Lipinski definition) is 0. The number of nitrogens with zero attached hydrogens (tertiary/aromatic N) is 3. The lowest BCUT2D eigenvalue weighted by Crippen LogP contribution is -2.47. The first-order chi connectivity index (χ1) is 35.8. The predicted octanol–water partition coefficient (Wildman–Crippen LogP) is 15.7. The maximum atomic E-state index is 14.6. The lowest BCUT2D eigenvalue weighted by atomic mass is 9.82. The van der Waals surface area contributed by atoms with Gasteiger partial charge in [-0.3, -0.25) is 33.8 Å². The van der Waals surface area contributed by atoms with Crippen molar-refractivity contribution in [3.63, 3.8) is 0 Å². The van der Waals surface area contributed by atoms with E-state index in [0.717, 1.165) is 131 Å². The van der Waals surface area contributed by atoms with Crippen molar-refractivity contribution in [1.29, 1.82) is 0 Å². The monoisotopic (exact) mass is 961 g/mol. The average Bonchev–Trinajstić information content (AvgIpc) is 3.90. The first-order valence-electron chi connectivity index (χ1n) is 26.5.